The Morgan fingerprint density at radius 1 is 1.18 bits per heavy atom. The van der Waals surface area contributed by atoms with Crippen molar-refractivity contribution in [3.8, 4) is 5.75 Å². The Balaban J connectivity index is 2.30. The summed E-state index contributed by atoms with van der Waals surface area (Å²) >= 11 is 0. The Morgan fingerprint density at radius 2 is 1.85 bits per heavy atom. The quantitative estimate of drug-likeness (QED) is 0.103. The summed E-state index contributed by atoms with van der Waals surface area (Å²) in [7, 11) is -3.80. The molecule has 12 heteroatoms. The summed E-state index contributed by atoms with van der Waals surface area (Å²) < 4.78 is 33.9. The van der Waals surface area contributed by atoms with Crippen LogP contribution in [-0.4, -0.2) is 55.7 Å². The molecule has 2 N–H and O–H groups in total. The minimum Gasteiger partial charge on any atom is -0.493 e. The second-order valence-corrected chi connectivity index (χ2v) is 11.7. The second kappa shape index (κ2) is 14.2. The van der Waals surface area contributed by atoms with Crippen LogP contribution in [0, 0.1) is 21.4 Å². The monoisotopic (exact) mass is 564 g/mol. The van der Waals surface area contributed by atoms with E-state index in [0.29, 0.717) is 72.8 Å². The fourth-order valence-corrected chi connectivity index (χ4v) is 5.83. The number of nitrogens with one attached hydrogen (secondary N) is 2. The van der Waals surface area contributed by atoms with Crippen molar-refractivity contribution in [2.24, 2.45) is 5.92 Å². The Labute approximate surface area is 230 Å². The van der Waals surface area contributed by atoms with Gasteiger partial charge in [-0.2, -0.15) is 4.31 Å². The van der Waals surface area contributed by atoms with E-state index in [9.17, 15) is 23.3 Å². The average Bonchev–Trinajstić information content (AvgIpc) is 2.85. The van der Waals surface area contributed by atoms with E-state index >= 15 is 0 Å². The van der Waals surface area contributed by atoms with Crippen molar-refractivity contribution in [2.75, 3.05) is 26.3 Å². The molecule has 0 unspecified atom stereocenters. The molecule has 0 spiro atoms. The van der Waals surface area contributed by atoms with Crippen molar-refractivity contribution in [1.29, 1.82) is 5.41 Å². The van der Waals surface area contributed by atoms with Crippen LogP contribution in [0.15, 0.2) is 39.8 Å². The maximum atomic E-state index is 13.4. The fraction of sp³-hybridized carbons (Fsp3) is 0.556. The molecule has 0 radical (unpaired) electrons. The lowest BCUT2D eigenvalue weighted by Gasteiger charge is -2.38. The van der Waals surface area contributed by atoms with Gasteiger partial charge in [0.2, 0.25) is 10.0 Å². The topological polar surface area (TPSA) is 152 Å². The van der Waals surface area contributed by atoms with E-state index in [1.54, 1.807) is 19.9 Å². The van der Waals surface area contributed by atoms with E-state index in [1.165, 1.54) is 16.4 Å². The predicted octanol–water partition coefficient (Wildman–Crippen LogP) is 4.72. The number of nitrogens with zero attached hydrogens (tertiary/aromatic N) is 2. The van der Waals surface area contributed by atoms with Gasteiger partial charge in [0, 0.05) is 29.9 Å². The third-order valence-electron chi connectivity index (χ3n) is 6.63. The van der Waals surface area contributed by atoms with E-state index in [1.807, 2.05) is 27.7 Å². The molecule has 1 aliphatic heterocycles. The Morgan fingerprint density at radius 3 is 2.41 bits per heavy atom. The zero-order chi connectivity index (χ0) is 29.3. The van der Waals surface area contributed by atoms with E-state index in [-0.39, 0.29) is 23.3 Å². The van der Waals surface area contributed by atoms with Crippen LogP contribution in [0.2, 0.25) is 0 Å². The lowest BCUT2D eigenvalue weighted by Crippen LogP contribution is -2.49. The van der Waals surface area contributed by atoms with Gasteiger partial charge < -0.3 is 20.3 Å². The first-order valence-corrected chi connectivity index (χ1v) is 14.6. The molecule has 1 heterocycles. The van der Waals surface area contributed by atoms with Crippen LogP contribution in [0.1, 0.15) is 72.8 Å². The van der Waals surface area contributed by atoms with E-state index < -0.39 is 15.1 Å². The van der Waals surface area contributed by atoms with Gasteiger partial charge in [-0.05, 0) is 83.6 Å². The van der Waals surface area contributed by atoms with Gasteiger partial charge in [-0.25, -0.2) is 8.42 Å². The summed E-state index contributed by atoms with van der Waals surface area (Å²) in [6.07, 6.45) is 2.48. The highest BCUT2D eigenvalue weighted by Crippen LogP contribution is 2.33. The molecule has 11 nitrogen and oxygen atoms in total. The molecule has 0 atom stereocenters. The molecule has 0 saturated carbocycles. The molecule has 0 aromatic heterocycles. The molecular weight excluding hydrogens is 524 g/mol. The summed E-state index contributed by atoms with van der Waals surface area (Å²) in [6.45, 7) is 11.8. The van der Waals surface area contributed by atoms with Crippen LogP contribution < -0.4 is 10.1 Å². The van der Waals surface area contributed by atoms with Crippen molar-refractivity contribution in [2.45, 2.75) is 72.1 Å². The minimum atomic E-state index is -3.80. The van der Waals surface area contributed by atoms with E-state index in [4.69, 9.17) is 10.1 Å². The van der Waals surface area contributed by atoms with Crippen molar-refractivity contribution >= 4 is 27.3 Å². The van der Waals surface area contributed by atoms with Crippen molar-refractivity contribution < 1.29 is 27.9 Å². The highest BCUT2D eigenvalue weighted by Gasteiger charge is 2.36. The second-order valence-electron chi connectivity index (χ2n) is 9.79. The number of ether oxygens (including phenoxy) is 1. The number of carbonyl (C=O) groups is 1. The highest BCUT2D eigenvalue weighted by atomic mass is 32.2. The summed E-state index contributed by atoms with van der Waals surface area (Å²) in [5, 5.41) is 20.6. The van der Waals surface area contributed by atoms with Gasteiger partial charge in [-0.15, -0.1) is 10.1 Å². The number of sulfonamides is 1. The first-order valence-electron chi connectivity index (χ1n) is 13.1. The average molecular weight is 565 g/mol. The minimum absolute atomic E-state index is 0.0103. The number of benzene rings is 1. The Hall–Kier alpha value is -3.25. The number of carbonyl (C=O) groups excluding carboxylic acids is 1. The summed E-state index contributed by atoms with van der Waals surface area (Å²) in [4.78, 5) is 27.8. The van der Waals surface area contributed by atoms with Crippen LogP contribution in [0.3, 0.4) is 0 Å². The molecule has 1 fully saturated rings. The van der Waals surface area contributed by atoms with Gasteiger partial charge in [-0.3, -0.25) is 4.79 Å². The van der Waals surface area contributed by atoms with Gasteiger partial charge >= 0.3 is 0 Å². The standard InChI is InChI=1S/C27H40N4O7S/c1-7-10-24(28)19(5)20(6)27(32)29-26(18(3)4)23-15-22(12-13-25(23)37-8-2)39(35,36)30-16-21(17-30)11-9-14-38-31(33)34/h12-13,15,21,28H,7-11,14,16-17H2,1-6H3,(H,29,32)/b20-19+,28-24?. The van der Waals surface area contributed by atoms with Crippen LogP contribution in [-0.2, 0) is 19.7 Å². The molecule has 0 aliphatic carbocycles. The molecule has 216 valence electrons. The van der Waals surface area contributed by atoms with Gasteiger partial charge in [0.25, 0.3) is 11.0 Å². The molecule has 1 aromatic carbocycles. The number of allylic oxidation sites excluding steroid dienone is 2. The van der Waals surface area contributed by atoms with Gasteiger partial charge in [0.1, 0.15) is 5.75 Å². The van der Waals surface area contributed by atoms with Crippen molar-refractivity contribution in [3.63, 3.8) is 0 Å². The maximum Gasteiger partial charge on any atom is 0.294 e. The van der Waals surface area contributed by atoms with Crippen LogP contribution >= 0.6 is 0 Å². The number of hydrogen-bond donors (Lipinski definition) is 2. The molecule has 39 heavy (non-hydrogen) atoms. The number of hydrogen-bond acceptors (Lipinski definition) is 8. The van der Waals surface area contributed by atoms with Crippen molar-refractivity contribution in [1.82, 2.24) is 9.62 Å². The first-order chi connectivity index (χ1) is 18.3. The molecule has 1 aromatic rings. The SMILES string of the molecule is CCCC(=N)/C(C)=C(\C)C(=O)NC(=C(C)C)c1cc(S(=O)(=O)N2CC(CCCO[N+](=O)[O-])C2)ccc1OCC. The number of amides is 1. The maximum absolute atomic E-state index is 13.4. The largest absolute Gasteiger partial charge is 0.493 e. The van der Waals surface area contributed by atoms with Crippen LogP contribution in [0.4, 0.5) is 0 Å². The zero-order valence-electron chi connectivity index (χ0n) is 23.6. The Kier molecular flexibility index (Phi) is 11.7. The molecular formula is C27H40N4O7S. The first kappa shape index (κ1) is 32.0. The van der Waals surface area contributed by atoms with Gasteiger partial charge in [-0.1, -0.05) is 18.9 Å². The molecule has 2 rings (SSSR count). The predicted molar refractivity (Wildman–Crippen MR) is 149 cm³/mol. The molecule has 1 aliphatic rings. The van der Waals surface area contributed by atoms with E-state index in [0.717, 1.165) is 12.0 Å². The Bertz CT molecular complexity index is 1240. The third-order valence-corrected chi connectivity index (χ3v) is 8.46. The highest BCUT2D eigenvalue weighted by molar-refractivity contribution is 7.89. The van der Waals surface area contributed by atoms with Crippen LogP contribution in [0.25, 0.3) is 5.70 Å². The molecule has 1 amide bonds. The lowest BCUT2D eigenvalue weighted by molar-refractivity contribution is -0.757. The summed E-state index contributed by atoms with van der Waals surface area (Å²) in [5.74, 6) is 0.179. The molecule has 1 saturated heterocycles. The third kappa shape index (κ3) is 8.37. The normalized spacial score (nSPS) is 14.6. The molecule has 0 bridgehead atoms. The zero-order valence-corrected chi connectivity index (χ0v) is 24.4. The van der Waals surface area contributed by atoms with Gasteiger partial charge in [0.05, 0.1) is 23.8 Å². The van der Waals surface area contributed by atoms with Crippen molar-refractivity contribution in [3.05, 3.63) is 50.6 Å². The number of rotatable bonds is 15. The summed E-state index contributed by atoms with van der Waals surface area (Å²) in [6, 6.07) is 4.61. The lowest BCUT2D eigenvalue weighted by atomic mass is 9.98. The smallest absolute Gasteiger partial charge is 0.294 e. The van der Waals surface area contributed by atoms with Crippen LogP contribution in [0.5, 0.6) is 5.75 Å². The van der Waals surface area contributed by atoms with Gasteiger partial charge in [0.15, 0.2) is 0 Å². The fourth-order valence-electron chi connectivity index (χ4n) is 4.21. The summed E-state index contributed by atoms with van der Waals surface area (Å²) in [5.41, 5.74) is 3.10. The van der Waals surface area contributed by atoms with E-state index in [2.05, 4.69) is 10.2 Å².